The van der Waals surface area contributed by atoms with Gasteiger partial charge in [-0.05, 0) is 39.1 Å². The second-order valence-corrected chi connectivity index (χ2v) is 5.63. The molecule has 0 radical (unpaired) electrons. The number of benzene rings is 1. The van der Waals surface area contributed by atoms with E-state index in [1.165, 1.54) is 17.8 Å². The fraction of sp³-hybridized carbons (Fsp3) is 0.538. The van der Waals surface area contributed by atoms with Gasteiger partial charge in [0, 0.05) is 23.8 Å². The van der Waals surface area contributed by atoms with Gasteiger partial charge >= 0.3 is 0 Å². The van der Waals surface area contributed by atoms with Gasteiger partial charge in [-0.25, -0.2) is 8.78 Å². The van der Waals surface area contributed by atoms with Crippen molar-refractivity contribution >= 4 is 11.8 Å². The first kappa shape index (κ1) is 15.4. The molecule has 1 N–H and O–H groups in total. The van der Waals surface area contributed by atoms with E-state index < -0.39 is 11.6 Å². The number of hydrogen-bond acceptors (Lipinski definition) is 3. The highest BCUT2D eigenvalue weighted by Gasteiger charge is 2.27. The normalized spacial score (nSPS) is 13.7. The molecule has 1 aromatic carbocycles. The van der Waals surface area contributed by atoms with Crippen LogP contribution in [0, 0.1) is 11.6 Å². The van der Waals surface area contributed by atoms with E-state index in [9.17, 15) is 8.78 Å². The minimum absolute atomic E-state index is 0.112. The lowest BCUT2D eigenvalue weighted by molar-refractivity contribution is -0.00155. The Morgan fingerprint density at radius 2 is 2.00 bits per heavy atom. The third-order valence-electron chi connectivity index (χ3n) is 3.02. The number of methoxy groups -OCH3 is 1. The maximum Gasteiger partial charge on any atom is 0.159 e. The average molecular weight is 275 g/mol. The molecule has 0 aromatic heterocycles. The predicted molar refractivity (Wildman–Crippen MR) is 71.0 cm³/mol. The van der Waals surface area contributed by atoms with Gasteiger partial charge in [-0.1, -0.05) is 0 Å². The summed E-state index contributed by atoms with van der Waals surface area (Å²) >= 11 is 1.47. The zero-order valence-electron chi connectivity index (χ0n) is 11.1. The van der Waals surface area contributed by atoms with Crippen LogP contribution in [0.1, 0.15) is 13.8 Å². The van der Waals surface area contributed by atoms with Crippen molar-refractivity contribution in [1.82, 2.24) is 5.32 Å². The van der Waals surface area contributed by atoms with Crippen LogP contribution in [0.15, 0.2) is 23.1 Å². The van der Waals surface area contributed by atoms with E-state index in [1.807, 2.05) is 20.9 Å². The van der Waals surface area contributed by atoms with E-state index in [1.54, 1.807) is 13.2 Å². The topological polar surface area (TPSA) is 21.3 Å². The standard InChI is InChI=1S/C13H19F2NOS/c1-13(2,17-4)12(16-3)8-18-9-5-6-10(14)11(15)7-9/h5-7,12,16H,8H2,1-4H3. The Morgan fingerprint density at radius 1 is 1.33 bits per heavy atom. The summed E-state index contributed by atoms with van der Waals surface area (Å²) in [6.45, 7) is 3.97. The van der Waals surface area contributed by atoms with E-state index in [4.69, 9.17) is 4.74 Å². The summed E-state index contributed by atoms with van der Waals surface area (Å²) in [6.07, 6.45) is 0. The Morgan fingerprint density at radius 3 is 2.50 bits per heavy atom. The molecule has 2 nitrogen and oxygen atoms in total. The third-order valence-corrected chi connectivity index (χ3v) is 4.11. The molecule has 1 unspecified atom stereocenters. The van der Waals surface area contributed by atoms with E-state index in [2.05, 4.69) is 5.32 Å². The number of ether oxygens (including phenoxy) is 1. The van der Waals surface area contributed by atoms with Crippen molar-refractivity contribution in [1.29, 1.82) is 0 Å². The maximum atomic E-state index is 13.1. The molecule has 0 amide bonds. The fourth-order valence-corrected chi connectivity index (χ4v) is 2.80. The molecule has 0 aliphatic carbocycles. The van der Waals surface area contributed by atoms with Gasteiger partial charge < -0.3 is 10.1 Å². The lowest BCUT2D eigenvalue weighted by Gasteiger charge is -2.32. The fourth-order valence-electron chi connectivity index (χ4n) is 1.52. The van der Waals surface area contributed by atoms with Crippen molar-refractivity contribution in [3.63, 3.8) is 0 Å². The molecule has 0 saturated heterocycles. The smallest absolute Gasteiger partial charge is 0.159 e. The van der Waals surface area contributed by atoms with E-state index >= 15 is 0 Å². The van der Waals surface area contributed by atoms with E-state index in [-0.39, 0.29) is 11.6 Å². The molecule has 0 fully saturated rings. The van der Waals surface area contributed by atoms with Crippen molar-refractivity contribution in [2.75, 3.05) is 19.9 Å². The molecular weight excluding hydrogens is 256 g/mol. The predicted octanol–water partition coefficient (Wildman–Crippen LogP) is 3.07. The molecular formula is C13H19F2NOS. The summed E-state index contributed by atoms with van der Waals surface area (Å²) in [5.41, 5.74) is -0.319. The molecule has 0 aliphatic heterocycles. The highest BCUT2D eigenvalue weighted by atomic mass is 32.2. The van der Waals surface area contributed by atoms with Crippen LogP contribution in [0.25, 0.3) is 0 Å². The Bertz CT molecular complexity index is 399. The zero-order chi connectivity index (χ0) is 13.8. The Labute approximate surface area is 111 Å². The molecule has 0 bridgehead atoms. The Hall–Kier alpha value is -0.650. The van der Waals surface area contributed by atoms with Crippen LogP contribution in [0.3, 0.4) is 0 Å². The van der Waals surface area contributed by atoms with E-state index in [0.717, 1.165) is 6.07 Å². The van der Waals surface area contributed by atoms with Crippen molar-refractivity contribution in [2.45, 2.75) is 30.4 Å². The highest BCUT2D eigenvalue weighted by molar-refractivity contribution is 7.99. The SMILES string of the molecule is CNC(CSc1ccc(F)c(F)c1)C(C)(C)OC. The van der Waals surface area contributed by atoms with Crippen LogP contribution in [0.2, 0.25) is 0 Å². The first-order valence-corrected chi connectivity index (χ1v) is 6.69. The molecule has 102 valence electrons. The Balaban J connectivity index is 2.65. The van der Waals surface area contributed by atoms with Crippen molar-refractivity contribution in [3.8, 4) is 0 Å². The number of likely N-dealkylation sites (N-methyl/N-ethyl adjacent to an activating group) is 1. The van der Waals surface area contributed by atoms with Crippen molar-refractivity contribution in [3.05, 3.63) is 29.8 Å². The minimum atomic E-state index is -0.818. The lowest BCUT2D eigenvalue weighted by atomic mass is 10.0. The molecule has 0 aliphatic rings. The average Bonchev–Trinajstić information content (AvgIpc) is 2.34. The van der Waals surface area contributed by atoms with Crippen LogP contribution in [0.4, 0.5) is 8.78 Å². The summed E-state index contributed by atoms with van der Waals surface area (Å²) in [4.78, 5) is 0.709. The number of thioether (sulfide) groups is 1. The quantitative estimate of drug-likeness (QED) is 0.806. The lowest BCUT2D eigenvalue weighted by Crippen LogP contribution is -2.48. The van der Waals surface area contributed by atoms with Gasteiger partial charge in [0.2, 0.25) is 0 Å². The summed E-state index contributed by atoms with van der Waals surface area (Å²) < 4.78 is 31.3. The monoisotopic (exact) mass is 275 g/mol. The van der Waals surface area contributed by atoms with Gasteiger partial charge in [0.25, 0.3) is 0 Å². The number of nitrogens with one attached hydrogen (secondary N) is 1. The zero-order valence-corrected chi connectivity index (χ0v) is 11.9. The molecule has 1 atom stereocenters. The Kier molecular flexibility index (Phi) is 5.56. The number of rotatable bonds is 6. The minimum Gasteiger partial charge on any atom is -0.377 e. The summed E-state index contributed by atoms with van der Waals surface area (Å²) in [5.74, 6) is -0.920. The van der Waals surface area contributed by atoms with Gasteiger partial charge in [-0.15, -0.1) is 11.8 Å². The highest BCUT2D eigenvalue weighted by Crippen LogP contribution is 2.25. The molecule has 0 heterocycles. The molecule has 5 heteroatoms. The molecule has 18 heavy (non-hydrogen) atoms. The van der Waals surface area contributed by atoms with Crippen LogP contribution in [-0.4, -0.2) is 31.6 Å². The number of hydrogen-bond donors (Lipinski definition) is 1. The summed E-state index contributed by atoms with van der Waals surface area (Å²) in [6, 6.07) is 4.05. The maximum absolute atomic E-state index is 13.1. The van der Waals surface area contributed by atoms with Crippen LogP contribution >= 0.6 is 11.8 Å². The second-order valence-electron chi connectivity index (χ2n) is 4.54. The first-order valence-electron chi connectivity index (χ1n) is 5.71. The molecule has 0 spiro atoms. The van der Waals surface area contributed by atoms with Gasteiger partial charge in [-0.2, -0.15) is 0 Å². The van der Waals surface area contributed by atoms with Gasteiger partial charge in [-0.3, -0.25) is 0 Å². The molecule has 1 rings (SSSR count). The summed E-state index contributed by atoms with van der Waals surface area (Å²) in [5, 5.41) is 3.18. The second kappa shape index (κ2) is 6.50. The third kappa shape index (κ3) is 3.93. The molecule has 0 saturated carbocycles. The molecule has 1 aromatic rings. The first-order chi connectivity index (χ1) is 8.40. The van der Waals surface area contributed by atoms with Crippen LogP contribution in [0.5, 0.6) is 0 Å². The van der Waals surface area contributed by atoms with Crippen LogP contribution < -0.4 is 5.32 Å². The van der Waals surface area contributed by atoms with E-state index in [0.29, 0.717) is 10.6 Å². The van der Waals surface area contributed by atoms with Gasteiger partial charge in [0.1, 0.15) is 0 Å². The van der Waals surface area contributed by atoms with Gasteiger partial charge in [0.05, 0.1) is 5.60 Å². The summed E-state index contributed by atoms with van der Waals surface area (Å²) in [7, 11) is 3.52. The van der Waals surface area contributed by atoms with Crippen molar-refractivity contribution in [2.24, 2.45) is 0 Å². The largest absolute Gasteiger partial charge is 0.377 e. The number of halogens is 2. The van der Waals surface area contributed by atoms with Crippen LogP contribution in [-0.2, 0) is 4.74 Å². The van der Waals surface area contributed by atoms with Crippen molar-refractivity contribution < 1.29 is 13.5 Å². The van der Waals surface area contributed by atoms with Gasteiger partial charge in [0.15, 0.2) is 11.6 Å².